The molecule has 8 nitrogen and oxygen atoms in total. The fourth-order valence-corrected chi connectivity index (χ4v) is 2.48. The van der Waals surface area contributed by atoms with E-state index in [9.17, 15) is 18.0 Å². The van der Waals surface area contributed by atoms with Crippen molar-refractivity contribution in [1.82, 2.24) is 15.0 Å². The van der Waals surface area contributed by atoms with Crippen molar-refractivity contribution >= 4 is 29.6 Å². The van der Waals surface area contributed by atoms with Crippen molar-refractivity contribution in [3.63, 3.8) is 0 Å². The number of aromatic nitrogens is 3. The van der Waals surface area contributed by atoms with Gasteiger partial charge in [0.2, 0.25) is 11.9 Å². The molecule has 0 atom stereocenters. The summed E-state index contributed by atoms with van der Waals surface area (Å²) in [5, 5.41) is 14.7. The average molecular weight is 445 g/mol. The van der Waals surface area contributed by atoms with Crippen molar-refractivity contribution < 1.29 is 27.8 Å². The molecule has 3 N–H and O–H groups in total. The largest absolute Gasteiger partial charge is 0.478 e. The third kappa shape index (κ3) is 6.69. The molecule has 1 aromatic heterocycles. The Kier molecular flexibility index (Phi) is 6.88. The first-order valence-corrected chi connectivity index (χ1v) is 9.23. The zero-order chi connectivity index (χ0) is 23.1. The Morgan fingerprint density at radius 1 is 1.03 bits per heavy atom. The second kappa shape index (κ2) is 9.77. The number of carboxylic acids is 1. The molecule has 32 heavy (non-hydrogen) atoms. The smallest absolute Gasteiger partial charge is 0.422 e. The molecule has 0 bridgehead atoms. The number of carboxylic acid groups (broad SMARTS) is 1. The number of halogens is 3. The number of hydrogen-bond acceptors (Lipinski definition) is 7. The zero-order valence-corrected chi connectivity index (χ0v) is 16.6. The van der Waals surface area contributed by atoms with E-state index in [2.05, 4.69) is 36.9 Å². The van der Waals surface area contributed by atoms with Gasteiger partial charge in [-0.25, -0.2) is 4.79 Å². The molecule has 3 rings (SSSR count). The Labute approximate surface area is 180 Å². The summed E-state index contributed by atoms with van der Waals surface area (Å²) in [7, 11) is 0. The van der Waals surface area contributed by atoms with Gasteiger partial charge in [-0.05, 0) is 35.4 Å². The molecule has 1 heterocycles. The number of rotatable bonds is 9. The first-order chi connectivity index (χ1) is 15.2. The van der Waals surface area contributed by atoms with Crippen LogP contribution in [-0.2, 0) is 6.54 Å². The molecule has 0 unspecified atom stereocenters. The molecule has 0 aliphatic rings. The molecule has 11 heteroatoms. The lowest BCUT2D eigenvalue weighted by atomic mass is 10.1. The Bertz CT molecular complexity index is 1090. The highest BCUT2D eigenvalue weighted by molar-refractivity contribution is 5.88. The standard InChI is InChI=1S/C21H18F3N5O3/c1-2-13-3-5-14(6-4-13)11-25-18-27-19(29-20(28-18)32-12-21(22,23)24)26-16-9-7-15(8-10-16)17(30)31/h2-10H,1,11-12H2,(H,30,31)(H2,25,26,27,28,29). The highest BCUT2D eigenvalue weighted by Crippen LogP contribution is 2.20. The first-order valence-electron chi connectivity index (χ1n) is 9.23. The minimum absolute atomic E-state index is 0.00497. The Hall–Kier alpha value is -4.15. The predicted octanol–water partition coefficient (Wildman–Crippen LogP) is 4.51. The van der Waals surface area contributed by atoms with Crippen LogP contribution in [0.3, 0.4) is 0 Å². The van der Waals surface area contributed by atoms with Gasteiger partial charge in [-0.1, -0.05) is 36.9 Å². The van der Waals surface area contributed by atoms with E-state index in [1.54, 1.807) is 6.08 Å². The third-order valence-corrected chi connectivity index (χ3v) is 4.03. The normalized spacial score (nSPS) is 11.0. The summed E-state index contributed by atoms with van der Waals surface area (Å²) >= 11 is 0. The average Bonchev–Trinajstić information content (AvgIpc) is 2.76. The molecule has 0 fully saturated rings. The summed E-state index contributed by atoms with van der Waals surface area (Å²) in [6.45, 7) is 2.42. The van der Waals surface area contributed by atoms with Gasteiger partial charge >= 0.3 is 18.2 Å². The lowest BCUT2D eigenvalue weighted by Crippen LogP contribution is -2.21. The summed E-state index contributed by atoms with van der Waals surface area (Å²) in [4.78, 5) is 22.8. The van der Waals surface area contributed by atoms with Crippen molar-refractivity contribution in [3.8, 4) is 6.01 Å². The number of ether oxygens (including phenoxy) is 1. The van der Waals surface area contributed by atoms with Crippen LogP contribution in [-0.4, -0.2) is 38.8 Å². The lowest BCUT2D eigenvalue weighted by molar-refractivity contribution is -0.154. The number of aromatic carboxylic acids is 1. The van der Waals surface area contributed by atoms with Crippen LogP contribution in [0.15, 0.2) is 55.1 Å². The quantitative estimate of drug-likeness (QED) is 0.442. The van der Waals surface area contributed by atoms with E-state index in [0.29, 0.717) is 12.2 Å². The highest BCUT2D eigenvalue weighted by Gasteiger charge is 2.29. The van der Waals surface area contributed by atoms with Gasteiger partial charge in [0.05, 0.1) is 5.56 Å². The number of alkyl halides is 3. The molecule has 0 aliphatic heterocycles. The van der Waals surface area contributed by atoms with Gasteiger partial charge in [0, 0.05) is 12.2 Å². The van der Waals surface area contributed by atoms with Crippen LogP contribution in [0.5, 0.6) is 6.01 Å². The fourth-order valence-electron chi connectivity index (χ4n) is 2.48. The van der Waals surface area contributed by atoms with Crippen LogP contribution in [0, 0.1) is 0 Å². The molecule has 0 amide bonds. The minimum Gasteiger partial charge on any atom is -0.478 e. The Balaban J connectivity index is 1.79. The van der Waals surface area contributed by atoms with E-state index in [0.717, 1.165) is 11.1 Å². The van der Waals surface area contributed by atoms with Crippen LogP contribution in [0.4, 0.5) is 30.8 Å². The van der Waals surface area contributed by atoms with Gasteiger partial charge in [-0.2, -0.15) is 28.1 Å². The van der Waals surface area contributed by atoms with Crippen molar-refractivity contribution in [2.24, 2.45) is 0 Å². The summed E-state index contributed by atoms with van der Waals surface area (Å²) in [6.07, 6.45) is -2.86. The zero-order valence-electron chi connectivity index (χ0n) is 16.6. The molecular weight excluding hydrogens is 427 g/mol. The van der Waals surface area contributed by atoms with E-state index >= 15 is 0 Å². The number of hydrogen-bond donors (Lipinski definition) is 3. The molecule has 3 aromatic rings. The Morgan fingerprint density at radius 2 is 1.69 bits per heavy atom. The van der Waals surface area contributed by atoms with Crippen LogP contribution >= 0.6 is 0 Å². The van der Waals surface area contributed by atoms with Gasteiger partial charge in [0.15, 0.2) is 6.61 Å². The molecular formula is C21H18F3N5O3. The molecule has 2 aromatic carbocycles. The number of nitrogens with one attached hydrogen (secondary N) is 2. The number of nitrogens with zero attached hydrogens (tertiary/aromatic N) is 3. The molecule has 0 saturated carbocycles. The molecule has 0 radical (unpaired) electrons. The predicted molar refractivity (Wildman–Crippen MR) is 112 cm³/mol. The topological polar surface area (TPSA) is 109 Å². The van der Waals surface area contributed by atoms with Crippen LogP contribution in [0.25, 0.3) is 6.08 Å². The maximum absolute atomic E-state index is 12.5. The second-order valence-corrected chi connectivity index (χ2v) is 6.48. The summed E-state index contributed by atoms with van der Waals surface area (Å²) in [5.74, 6) is -1.17. The highest BCUT2D eigenvalue weighted by atomic mass is 19.4. The number of carbonyl (C=O) groups is 1. The SMILES string of the molecule is C=Cc1ccc(CNc2nc(Nc3ccc(C(=O)O)cc3)nc(OCC(F)(F)F)n2)cc1. The molecule has 0 aliphatic carbocycles. The third-order valence-electron chi connectivity index (χ3n) is 4.03. The van der Waals surface area contributed by atoms with Gasteiger partial charge in [-0.3, -0.25) is 0 Å². The molecule has 0 spiro atoms. The van der Waals surface area contributed by atoms with Crippen molar-refractivity contribution in [3.05, 3.63) is 71.8 Å². The van der Waals surface area contributed by atoms with Crippen LogP contribution in [0.2, 0.25) is 0 Å². The number of anilines is 3. The van der Waals surface area contributed by atoms with Crippen molar-refractivity contribution in [1.29, 1.82) is 0 Å². The van der Waals surface area contributed by atoms with E-state index in [1.165, 1.54) is 24.3 Å². The van der Waals surface area contributed by atoms with Crippen LogP contribution in [0.1, 0.15) is 21.5 Å². The summed E-state index contributed by atoms with van der Waals surface area (Å²) < 4.78 is 42.3. The van der Waals surface area contributed by atoms with Gasteiger partial charge < -0.3 is 20.5 Å². The molecule has 0 saturated heterocycles. The minimum atomic E-state index is -4.56. The summed E-state index contributed by atoms with van der Waals surface area (Å²) in [5.41, 5.74) is 2.32. The fraction of sp³-hybridized carbons (Fsp3) is 0.143. The second-order valence-electron chi connectivity index (χ2n) is 6.48. The van der Waals surface area contributed by atoms with Gasteiger partial charge in [-0.15, -0.1) is 0 Å². The number of benzene rings is 2. The first kappa shape index (κ1) is 22.5. The Morgan fingerprint density at radius 3 is 2.28 bits per heavy atom. The van der Waals surface area contributed by atoms with Crippen molar-refractivity contribution in [2.45, 2.75) is 12.7 Å². The van der Waals surface area contributed by atoms with Crippen LogP contribution < -0.4 is 15.4 Å². The van der Waals surface area contributed by atoms with E-state index < -0.39 is 24.8 Å². The molecule has 166 valence electrons. The summed E-state index contributed by atoms with van der Waals surface area (Å²) in [6, 6.07) is 12.6. The maximum Gasteiger partial charge on any atom is 0.422 e. The maximum atomic E-state index is 12.5. The van der Waals surface area contributed by atoms with Gasteiger partial charge in [0.25, 0.3) is 0 Å². The van der Waals surface area contributed by atoms with E-state index in [1.807, 2.05) is 24.3 Å². The monoisotopic (exact) mass is 445 g/mol. The lowest BCUT2D eigenvalue weighted by Gasteiger charge is -2.12. The van der Waals surface area contributed by atoms with E-state index in [-0.39, 0.29) is 17.5 Å². The van der Waals surface area contributed by atoms with Crippen molar-refractivity contribution in [2.75, 3.05) is 17.2 Å². The van der Waals surface area contributed by atoms with E-state index in [4.69, 9.17) is 5.11 Å². The van der Waals surface area contributed by atoms with Gasteiger partial charge in [0.1, 0.15) is 0 Å².